The monoisotopic (exact) mass is 890 g/mol. The number of unbranched alkanes of at least 4 members (excludes halogenated alkanes) is 23. The van der Waals surface area contributed by atoms with E-state index in [4.69, 9.17) is 4.74 Å². The number of esters is 1. The molecule has 0 aliphatic carbocycles. The van der Waals surface area contributed by atoms with Gasteiger partial charge in [-0.3, -0.25) is 9.59 Å². The summed E-state index contributed by atoms with van der Waals surface area (Å²) in [5, 5.41) is 23.7. The van der Waals surface area contributed by atoms with E-state index in [1.807, 2.05) is 54.7 Å². The Kier molecular flexibility index (Phi) is 48.2. The second-order valence-electron chi connectivity index (χ2n) is 17.7. The van der Waals surface area contributed by atoms with Gasteiger partial charge in [-0.1, -0.05) is 253 Å². The van der Waals surface area contributed by atoms with Crippen LogP contribution in [0.4, 0.5) is 0 Å². The van der Waals surface area contributed by atoms with Gasteiger partial charge in [-0.05, 0) is 57.8 Å². The summed E-state index contributed by atoms with van der Waals surface area (Å²) >= 11 is 0. The molecule has 0 spiro atoms. The summed E-state index contributed by atoms with van der Waals surface area (Å²) in [6, 6.07) is -0.750. The SMILES string of the molecule is CC/C=C/C=C/C=C\C=C/C=C/CC(CC(=O)NC(CO)C(O)CCCCCCCCCCCCCCCCCCC)OC(=O)CCCCCC/C=C\C/C=C\C/C=C\CCCCC. The van der Waals surface area contributed by atoms with Crippen LogP contribution in [-0.4, -0.2) is 46.9 Å². The Hall–Kier alpha value is -3.22. The third-order valence-corrected chi connectivity index (χ3v) is 11.5. The average Bonchev–Trinajstić information content (AvgIpc) is 3.29. The normalized spacial score (nSPS) is 14.0. The van der Waals surface area contributed by atoms with E-state index in [9.17, 15) is 19.8 Å². The zero-order valence-corrected chi connectivity index (χ0v) is 41.6. The van der Waals surface area contributed by atoms with Gasteiger partial charge in [0.15, 0.2) is 0 Å². The van der Waals surface area contributed by atoms with E-state index >= 15 is 0 Å². The summed E-state index contributed by atoms with van der Waals surface area (Å²) in [4.78, 5) is 26.1. The molecule has 0 bridgehead atoms. The zero-order chi connectivity index (χ0) is 46.7. The molecular formula is C58H99NO5. The van der Waals surface area contributed by atoms with Gasteiger partial charge in [0.05, 0.1) is 25.2 Å². The second-order valence-corrected chi connectivity index (χ2v) is 17.7. The van der Waals surface area contributed by atoms with Crippen LogP contribution in [0.2, 0.25) is 0 Å². The molecule has 0 rings (SSSR count). The molecule has 0 saturated heterocycles. The molecule has 0 aromatic heterocycles. The molecule has 0 aromatic carbocycles. The van der Waals surface area contributed by atoms with Crippen LogP contribution in [0.25, 0.3) is 0 Å². The van der Waals surface area contributed by atoms with E-state index in [2.05, 4.69) is 68.6 Å². The van der Waals surface area contributed by atoms with E-state index in [-0.39, 0.29) is 24.9 Å². The van der Waals surface area contributed by atoms with Crippen molar-refractivity contribution in [2.24, 2.45) is 0 Å². The molecule has 0 aromatic rings. The zero-order valence-electron chi connectivity index (χ0n) is 41.6. The lowest BCUT2D eigenvalue weighted by Gasteiger charge is -2.24. The van der Waals surface area contributed by atoms with Gasteiger partial charge in [-0.2, -0.15) is 0 Å². The number of aliphatic hydroxyl groups is 2. The number of nitrogens with one attached hydrogen (secondary N) is 1. The highest BCUT2D eigenvalue weighted by molar-refractivity contribution is 5.77. The molecule has 0 aliphatic rings. The number of aliphatic hydroxyl groups excluding tert-OH is 2. The minimum Gasteiger partial charge on any atom is -0.461 e. The van der Waals surface area contributed by atoms with Crippen LogP contribution >= 0.6 is 0 Å². The molecule has 366 valence electrons. The van der Waals surface area contributed by atoms with Gasteiger partial charge in [-0.15, -0.1) is 0 Å². The van der Waals surface area contributed by atoms with E-state index in [1.54, 1.807) is 0 Å². The number of allylic oxidation sites excluding steroid dienone is 15. The van der Waals surface area contributed by atoms with E-state index in [0.717, 1.165) is 70.6 Å². The second kappa shape index (κ2) is 50.8. The fraction of sp³-hybridized carbons (Fsp3) is 0.690. The number of rotatable bonds is 46. The number of carbonyl (C=O) groups is 2. The molecule has 3 unspecified atom stereocenters. The molecule has 0 aliphatic heterocycles. The molecule has 0 saturated carbocycles. The molecule has 64 heavy (non-hydrogen) atoms. The highest BCUT2D eigenvalue weighted by Gasteiger charge is 2.23. The molecule has 0 radical (unpaired) electrons. The third kappa shape index (κ3) is 45.4. The van der Waals surface area contributed by atoms with Crippen molar-refractivity contribution in [3.8, 4) is 0 Å². The largest absolute Gasteiger partial charge is 0.461 e. The number of amides is 1. The summed E-state index contributed by atoms with van der Waals surface area (Å²) in [5.41, 5.74) is 0. The van der Waals surface area contributed by atoms with Gasteiger partial charge in [0.1, 0.15) is 6.10 Å². The molecule has 3 atom stereocenters. The minimum absolute atomic E-state index is 0.0324. The third-order valence-electron chi connectivity index (χ3n) is 11.5. The van der Waals surface area contributed by atoms with E-state index in [1.165, 1.54) is 116 Å². The molecule has 1 amide bonds. The summed E-state index contributed by atoms with van der Waals surface area (Å²) in [5.74, 6) is -0.638. The predicted octanol–water partition coefficient (Wildman–Crippen LogP) is 16.1. The van der Waals surface area contributed by atoms with Crippen molar-refractivity contribution < 1.29 is 24.5 Å². The first-order valence-electron chi connectivity index (χ1n) is 26.5. The Morgan fingerprint density at radius 2 is 0.922 bits per heavy atom. The lowest BCUT2D eigenvalue weighted by Crippen LogP contribution is -2.46. The fourth-order valence-corrected chi connectivity index (χ4v) is 7.52. The maximum atomic E-state index is 13.2. The van der Waals surface area contributed by atoms with Crippen LogP contribution in [0.3, 0.4) is 0 Å². The van der Waals surface area contributed by atoms with Crippen molar-refractivity contribution in [1.29, 1.82) is 0 Å². The van der Waals surface area contributed by atoms with Crippen LogP contribution in [-0.2, 0) is 14.3 Å². The van der Waals surface area contributed by atoms with Crippen molar-refractivity contribution in [3.05, 3.63) is 97.2 Å². The van der Waals surface area contributed by atoms with E-state index in [0.29, 0.717) is 19.3 Å². The van der Waals surface area contributed by atoms with Gasteiger partial charge in [-0.25, -0.2) is 0 Å². The number of hydrogen-bond acceptors (Lipinski definition) is 5. The predicted molar refractivity (Wildman–Crippen MR) is 277 cm³/mol. The van der Waals surface area contributed by atoms with Crippen molar-refractivity contribution in [2.75, 3.05) is 6.61 Å². The fourth-order valence-electron chi connectivity index (χ4n) is 7.52. The van der Waals surface area contributed by atoms with Crippen LogP contribution in [0.15, 0.2) is 97.2 Å². The topological polar surface area (TPSA) is 95.9 Å². The van der Waals surface area contributed by atoms with Crippen molar-refractivity contribution in [2.45, 2.75) is 251 Å². The molecule has 6 nitrogen and oxygen atoms in total. The first-order chi connectivity index (χ1) is 31.5. The Bertz CT molecular complexity index is 1270. The van der Waals surface area contributed by atoms with E-state index < -0.39 is 18.2 Å². The molecular weight excluding hydrogens is 791 g/mol. The maximum absolute atomic E-state index is 13.2. The first-order valence-corrected chi connectivity index (χ1v) is 26.5. The number of carbonyl (C=O) groups excluding carboxylic acids is 2. The summed E-state index contributed by atoms with van der Waals surface area (Å²) < 4.78 is 5.83. The van der Waals surface area contributed by atoms with Crippen LogP contribution in [0, 0.1) is 0 Å². The van der Waals surface area contributed by atoms with Gasteiger partial charge >= 0.3 is 5.97 Å². The standard InChI is InChI=1S/C58H99NO5/c1-4-7-10-13-16-19-22-24-26-28-30-32-35-38-41-44-47-50-56(61)55(53-60)59-57(62)52-54(49-46-43-40-37-34-21-18-15-12-9-6-3)64-58(63)51-48-45-42-39-36-33-31-29-27-25-23-20-17-14-11-8-5-2/h9,12,15,17-18,20-21,25,27,31,33-34,37,40,43,46,54-56,60-61H,4-8,10-11,13-14,16,19,22-24,26,28-30,32,35-36,38-39,41-42,44-45,47-53H2,1-3H3,(H,59,62)/b12-9+,18-15+,20-17-,27-25-,33-31-,34-21-,40-37-,46-43+. The van der Waals surface area contributed by atoms with Crippen LogP contribution in [0.1, 0.15) is 233 Å². The smallest absolute Gasteiger partial charge is 0.306 e. The van der Waals surface area contributed by atoms with Gasteiger partial charge in [0, 0.05) is 12.8 Å². The Morgan fingerprint density at radius 1 is 0.500 bits per heavy atom. The van der Waals surface area contributed by atoms with Gasteiger partial charge in [0.2, 0.25) is 5.91 Å². The number of hydrogen-bond donors (Lipinski definition) is 3. The van der Waals surface area contributed by atoms with Crippen molar-refractivity contribution in [3.63, 3.8) is 0 Å². The molecule has 0 heterocycles. The summed E-state index contributed by atoms with van der Waals surface area (Å²) in [7, 11) is 0. The first kappa shape index (κ1) is 60.8. The molecule has 3 N–H and O–H groups in total. The highest BCUT2D eigenvalue weighted by Crippen LogP contribution is 2.16. The Balaban J connectivity index is 4.63. The molecule has 6 heteroatoms. The van der Waals surface area contributed by atoms with Crippen molar-refractivity contribution >= 4 is 11.9 Å². The maximum Gasteiger partial charge on any atom is 0.306 e. The van der Waals surface area contributed by atoms with Crippen molar-refractivity contribution in [1.82, 2.24) is 5.32 Å². The minimum atomic E-state index is -0.827. The lowest BCUT2D eigenvalue weighted by atomic mass is 10.0. The lowest BCUT2D eigenvalue weighted by molar-refractivity contribution is -0.150. The highest BCUT2D eigenvalue weighted by atomic mass is 16.5. The van der Waals surface area contributed by atoms with Gasteiger partial charge < -0.3 is 20.3 Å². The van der Waals surface area contributed by atoms with Crippen LogP contribution < -0.4 is 5.32 Å². The Morgan fingerprint density at radius 3 is 1.44 bits per heavy atom. The van der Waals surface area contributed by atoms with Crippen LogP contribution in [0.5, 0.6) is 0 Å². The quantitative estimate of drug-likeness (QED) is 0.0245. The number of ether oxygens (including phenoxy) is 1. The average molecular weight is 890 g/mol. The summed E-state index contributed by atoms with van der Waals surface area (Å²) in [6.07, 6.45) is 67.8. The van der Waals surface area contributed by atoms with Gasteiger partial charge in [0.25, 0.3) is 0 Å². The summed E-state index contributed by atoms with van der Waals surface area (Å²) in [6.45, 7) is 6.27. The molecule has 0 fully saturated rings. The Labute approximate surface area is 395 Å².